The van der Waals surface area contributed by atoms with Gasteiger partial charge in [-0.1, -0.05) is 31.9 Å². The Balaban J connectivity index is 2.01. The van der Waals surface area contributed by atoms with Crippen LogP contribution in [0.4, 0.5) is 0 Å². The van der Waals surface area contributed by atoms with Crippen molar-refractivity contribution >= 4 is 5.97 Å². The number of ether oxygens (including phenoxy) is 2. The maximum absolute atomic E-state index is 12.7. The molecule has 29 heavy (non-hydrogen) atoms. The molecule has 0 saturated heterocycles. The lowest BCUT2D eigenvalue weighted by atomic mass is 9.65. The number of esters is 1. The Labute approximate surface area is 175 Å². The molecule has 160 valence electrons. The molecule has 1 N–H and O–H groups in total. The first-order chi connectivity index (χ1) is 13.6. The minimum Gasteiger partial charge on any atom is -0.508 e. The summed E-state index contributed by atoms with van der Waals surface area (Å²) in [6.07, 6.45) is 6.94. The van der Waals surface area contributed by atoms with Crippen LogP contribution in [0.25, 0.3) is 0 Å². The first-order valence-corrected chi connectivity index (χ1v) is 11.0. The summed E-state index contributed by atoms with van der Waals surface area (Å²) in [7, 11) is 0. The first-order valence-electron chi connectivity index (χ1n) is 11.0. The number of aromatic hydroxyl groups is 1. The maximum Gasteiger partial charge on any atom is 0.315 e. The molecule has 1 aromatic carbocycles. The van der Waals surface area contributed by atoms with Crippen LogP contribution in [0.3, 0.4) is 0 Å². The second-order valence-corrected chi connectivity index (χ2v) is 9.49. The Morgan fingerprint density at radius 3 is 2.72 bits per heavy atom. The van der Waals surface area contributed by atoms with Gasteiger partial charge in [0.05, 0.1) is 12.0 Å². The van der Waals surface area contributed by atoms with E-state index in [1.807, 2.05) is 19.9 Å². The fraction of sp³-hybridized carbons (Fsp3) is 0.640. The molecule has 2 unspecified atom stereocenters. The zero-order valence-electron chi connectivity index (χ0n) is 18.8. The molecule has 0 bridgehead atoms. The van der Waals surface area contributed by atoms with Gasteiger partial charge in [-0.3, -0.25) is 4.79 Å². The summed E-state index contributed by atoms with van der Waals surface area (Å²) in [5, 5.41) is 11.0. The molecule has 0 fully saturated rings. The molecule has 1 heterocycles. The topological polar surface area (TPSA) is 55.8 Å². The van der Waals surface area contributed by atoms with Crippen molar-refractivity contribution in [3.8, 4) is 11.5 Å². The molecule has 3 rings (SSSR count). The van der Waals surface area contributed by atoms with E-state index < -0.39 is 5.41 Å². The fourth-order valence-electron chi connectivity index (χ4n) is 4.74. The molecular formula is C25H36O4. The van der Waals surface area contributed by atoms with Crippen LogP contribution in [0.5, 0.6) is 11.5 Å². The third-order valence-electron chi connectivity index (χ3n) is 7.03. The molecule has 4 heteroatoms. The zero-order valence-corrected chi connectivity index (χ0v) is 18.8. The van der Waals surface area contributed by atoms with E-state index in [1.165, 1.54) is 5.57 Å². The van der Waals surface area contributed by atoms with Crippen molar-refractivity contribution in [2.45, 2.75) is 90.6 Å². The molecule has 1 aliphatic carbocycles. The third-order valence-corrected chi connectivity index (χ3v) is 7.03. The lowest BCUT2D eigenvalue weighted by molar-refractivity contribution is -0.149. The Hall–Kier alpha value is -1.97. The highest BCUT2D eigenvalue weighted by Gasteiger charge is 2.48. The van der Waals surface area contributed by atoms with Crippen LogP contribution in [0.15, 0.2) is 23.8 Å². The van der Waals surface area contributed by atoms with Gasteiger partial charge in [-0.25, -0.2) is 0 Å². The summed E-state index contributed by atoms with van der Waals surface area (Å²) in [6, 6.07) is 3.69. The van der Waals surface area contributed by atoms with Crippen molar-refractivity contribution in [3.63, 3.8) is 0 Å². The standard InChI is InChI=1S/C25H36O4/c1-7-9-12-28-23(27)24(4,5)17-14-20(26)22-18-13-16(3)10-11-19(18)25(6,8-2)29-21(22)15-17/h10,14-15,18-19,26H,7-9,11-13H2,1-6H3/t18-,19?,25?/m1/s1. The number of fused-ring (bicyclic) bond motifs is 3. The Morgan fingerprint density at radius 2 is 2.07 bits per heavy atom. The summed E-state index contributed by atoms with van der Waals surface area (Å²) in [6.45, 7) is 12.7. The van der Waals surface area contributed by atoms with Gasteiger partial charge in [-0.05, 0) is 71.1 Å². The molecule has 0 saturated carbocycles. The van der Waals surface area contributed by atoms with Crippen LogP contribution in [0, 0.1) is 5.92 Å². The van der Waals surface area contributed by atoms with Gasteiger partial charge >= 0.3 is 5.97 Å². The number of allylic oxidation sites excluding steroid dienone is 2. The molecule has 0 spiro atoms. The number of rotatable bonds is 6. The Kier molecular flexibility index (Phi) is 6.03. The molecule has 1 aromatic rings. The second-order valence-electron chi connectivity index (χ2n) is 9.49. The van der Waals surface area contributed by atoms with E-state index in [0.717, 1.165) is 49.0 Å². The van der Waals surface area contributed by atoms with Crippen molar-refractivity contribution in [1.29, 1.82) is 0 Å². The van der Waals surface area contributed by atoms with Crippen molar-refractivity contribution in [3.05, 3.63) is 34.9 Å². The molecule has 0 amide bonds. The molecule has 0 radical (unpaired) electrons. The highest BCUT2D eigenvalue weighted by molar-refractivity contribution is 5.82. The number of phenols is 1. The summed E-state index contributed by atoms with van der Waals surface area (Å²) < 4.78 is 12.0. The Morgan fingerprint density at radius 1 is 1.34 bits per heavy atom. The number of carbonyl (C=O) groups is 1. The minimum atomic E-state index is -0.856. The monoisotopic (exact) mass is 400 g/mol. The van der Waals surface area contributed by atoms with Crippen LogP contribution in [0.1, 0.15) is 90.7 Å². The molecule has 2 aliphatic rings. The van der Waals surface area contributed by atoms with E-state index >= 15 is 0 Å². The quantitative estimate of drug-likeness (QED) is 0.361. The van der Waals surface area contributed by atoms with Gasteiger partial charge in [-0.2, -0.15) is 0 Å². The number of hydrogen-bond donors (Lipinski definition) is 1. The lowest BCUT2D eigenvalue weighted by Gasteiger charge is -2.48. The Bertz CT molecular complexity index is 807. The summed E-state index contributed by atoms with van der Waals surface area (Å²) in [5.41, 5.74) is 1.85. The fourth-order valence-corrected chi connectivity index (χ4v) is 4.74. The van der Waals surface area contributed by atoms with Crippen LogP contribution in [-0.4, -0.2) is 23.3 Å². The lowest BCUT2D eigenvalue weighted by Crippen LogP contribution is -2.47. The van der Waals surface area contributed by atoms with Gasteiger partial charge in [0.1, 0.15) is 17.1 Å². The van der Waals surface area contributed by atoms with Crippen molar-refractivity contribution in [2.75, 3.05) is 6.61 Å². The van der Waals surface area contributed by atoms with Crippen LogP contribution >= 0.6 is 0 Å². The molecule has 3 atom stereocenters. The molecule has 1 aliphatic heterocycles. The highest BCUT2D eigenvalue weighted by atomic mass is 16.5. The van der Waals surface area contributed by atoms with Crippen LogP contribution in [-0.2, 0) is 14.9 Å². The van der Waals surface area contributed by atoms with Gasteiger partial charge in [0.15, 0.2) is 0 Å². The van der Waals surface area contributed by atoms with E-state index in [2.05, 4.69) is 33.8 Å². The normalized spacial score (nSPS) is 26.1. The third kappa shape index (κ3) is 3.91. The highest BCUT2D eigenvalue weighted by Crippen LogP contribution is 2.55. The van der Waals surface area contributed by atoms with Crippen LogP contribution in [0.2, 0.25) is 0 Å². The number of benzene rings is 1. The molecule has 4 nitrogen and oxygen atoms in total. The number of unbranched alkanes of at least 4 members (excludes halogenated alkanes) is 1. The summed E-state index contributed by atoms with van der Waals surface area (Å²) in [4.78, 5) is 12.7. The van der Waals surface area contributed by atoms with Gasteiger partial charge in [0, 0.05) is 17.4 Å². The maximum atomic E-state index is 12.7. The number of carbonyl (C=O) groups excluding carboxylic acids is 1. The van der Waals surface area contributed by atoms with E-state index in [0.29, 0.717) is 12.5 Å². The first kappa shape index (κ1) is 21.7. The average molecular weight is 401 g/mol. The summed E-state index contributed by atoms with van der Waals surface area (Å²) >= 11 is 0. The predicted molar refractivity (Wildman–Crippen MR) is 116 cm³/mol. The summed E-state index contributed by atoms with van der Waals surface area (Å²) in [5.74, 6) is 1.26. The van der Waals surface area contributed by atoms with Gasteiger partial charge in [0.25, 0.3) is 0 Å². The zero-order chi connectivity index (χ0) is 21.4. The molecule has 0 aromatic heterocycles. The smallest absolute Gasteiger partial charge is 0.315 e. The van der Waals surface area contributed by atoms with Crippen molar-refractivity contribution in [2.24, 2.45) is 5.92 Å². The largest absolute Gasteiger partial charge is 0.508 e. The van der Waals surface area contributed by atoms with E-state index in [-0.39, 0.29) is 23.2 Å². The van der Waals surface area contributed by atoms with E-state index in [1.54, 1.807) is 6.07 Å². The van der Waals surface area contributed by atoms with E-state index in [9.17, 15) is 9.90 Å². The molecular weight excluding hydrogens is 364 g/mol. The van der Waals surface area contributed by atoms with E-state index in [4.69, 9.17) is 9.47 Å². The number of phenolic OH excluding ortho intramolecular Hbond substituents is 1. The second kappa shape index (κ2) is 8.04. The SMILES string of the molecule is CCCCOC(=O)C(C)(C)c1cc(O)c2c(c1)OC(C)(CC)C1CC=C(C)C[C@@H]21. The minimum absolute atomic E-state index is 0.231. The van der Waals surface area contributed by atoms with Gasteiger partial charge in [0.2, 0.25) is 0 Å². The average Bonchev–Trinajstić information content (AvgIpc) is 2.67. The van der Waals surface area contributed by atoms with Gasteiger partial charge < -0.3 is 14.6 Å². The van der Waals surface area contributed by atoms with Crippen molar-refractivity contribution < 1.29 is 19.4 Å². The number of hydrogen-bond acceptors (Lipinski definition) is 4. The van der Waals surface area contributed by atoms with Crippen molar-refractivity contribution in [1.82, 2.24) is 0 Å². The van der Waals surface area contributed by atoms with Gasteiger partial charge in [-0.15, -0.1) is 0 Å². The predicted octanol–water partition coefficient (Wildman–Crippen LogP) is 6.01. The van der Waals surface area contributed by atoms with Crippen LogP contribution < -0.4 is 4.74 Å².